The third-order valence-corrected chi connectivity index (χ3v) is 7.64. The monoisotopic (exact) mass is 546 g/mol. The van der Waals surface area contributed by atoms with Gasteiger partial charge in [0.2, 0.25) is 0 Å². The Hall–Kier alpha value is -5.88. The lowest BCUT2D eigenvalue weighted by atomic mass is 9.98. The lowest BCUT2D eigenvalue weighted by molar-refractivity contribution is 0.477. The maximum Gasteiger partial charge on any atom is 0.151 e. The molecular formula is C36H26N4O2. The van der Waals surface area contributed by atoms with E-state index in [-0.39, 0.29) is 0 Å². The van der Waals surface area contributed by atoms with Gasteiger partial charge in [0.15, 0.2) is 23.0 Å². The number of anilines is 8. The molecule has 0 saturated heterocycles. The highest BCUT2D eigenvalue weighted by Crippen LogP contribution is 2.54. The minimum Gasteiger partial charge on any atom is -0.453 e. The molecule has 0 amide bonds. The summed E-state index contributed by atoms with van der Waals surface area (Å²) in [6.45, 7) is 0. The van der Waals surface area contributed by atoms with E-state index >= 15 is 0 Å². The molecule has 0 atom stereocenters. The van der Waals surface area contributed by atoms with E-state index in [1.54, 1.807) is 0 Å². The summed E-state index contributed by atoms with van der Waals surface area (Å²) in [7, 11) is 0. The predicted molar refractivity (Wildman–Crippen MR) is 170 cm³/mol. The minimum atomic E-state index is 0.648. The van der Waals surface area contributed by atoms with Crippen molar-refractivity contribution in [2.45, 2.75) is 0 Å². The molecule has 6 aromatic rings. The second kappa shape index (κ2) is 9.35. The lowest BCUT2D eigenvalue weighted by Crippen LogP contribution is -2.17. The van der Waals surface area contributed by atoms with Gasteiger partial charge in [0.05, 0.1) is 28.4 Å². The number of nitrogen functional groups attached to an aromatic ring is 2. The Morgan fingerprint density at radius 3 is 1.40 bits per heavy atom. The van der Waals surface area contributed by atoms with E-state index in [4.69, 9.17) is 20.9 Å². The zero-order valence-electron chi connectivity index (χ0n) is 22.6. The highest BCUT2D eigenvalue weighted by molar-refractivity contribution is 5.96. The topological polar surface area (TPSA) is 77.0 Å². The van der Waals surface area contributed by atoms with Crippen molar-refractivity contribution in [3.8, 4) is 34.1 Å². The number of benzene rings is 6. The quantitative estimate of drug-likeness (QED) is 0.215. The van der Waals surface area contributed by atoms with Gasteiger partial charge in [-0.15, -0.1) is 0 Å². The van der Waals surface area contributed by atoms with Gasteiger partial charge in [0.1, 0.15) is 0 Å². The molecule has 42 heavy (non-hydrogen) atoms. The molecule has 4 N–H and O–H groups in total. The third kappa shape index (κ3) is 3.81. The molecular weight excluding hydrogens is 520 g/mol. The van der Waals surface area contributed by atoms with Crippen molar-refractivity contribution in [1.82, 2.24) is 0 Å². The van der Waals surface area contributed by atoms with Crippen LogP contribution in [0, 0.1) is 0 Å². The molecule has 0 bridgehead atoms. The van der Waals surface area contributed by atoms with Crippen molar-refractivity contribution >= 4 is 45.5 Å². The SMILES string of the molecule is Nc1cc(-c2ccc(N)cc2N2c3ccccc3Oc3ccccc32)cc(N2c3ccccc3Oc3ccccc32)c1. The number of hydrogen-bond acceptors (Lipinski definition) is 6. The molecule has 2 heterocycles. The molecule has 0 spiro atoms. The van der Waals surface area contributed by atoms with Crippen molar-refractivity contribution in [3.63, 3.8) is 0 Å². The Morgan fingerprint density at radius 1 is 0.405 bits per heavy atom. The number of nitrogens with zero attached hydrogens (tertiary/aromatic N) is 2. The van der Waals surface area contributed by atoms with E-state index in [1.807, 2.05) is 97.1 Å². The summed E-state index contributed by atoms with van der Waals surface area (Å²) < 4.78 is 12.5. The first-order valence-electron chi connectivity index (χ1n) is 13.8. The van der Waals surface area contributed by atoms with Gasteiger partial charge in [-0.25, -0.2) is 0 Å². The largest absolute Gasteiger partial charge is 0.453 e. The molecule has 2 aliphatic heterocycles. The first-order valence-corrected chi connectivity index (χ1v) is 13.8. The fraction of sp³-hybridized carbons (Fsp3) is 0. The van der Waals surface area contributed by atoms with Gasteiger partial charge in [-0.3, -0.25) is 0 Å². The van der Waals surface area contributed by atoms with Crippen LogP contribution in [0.5, 0.6) is 23.0 Å². The third-order valence-electron chi connectivity index (χ3n) is 7.64. The Labute approximate surface area is 243 Å². The predicted octanol–water partition coefficient (Wildman–Crippen LogP) is 9.67. The van der Waals surface area contributed by atoms with Crippen molar-refractivity contribution in [3.05, 3.63) is 133 Å². The number of hydrogen-bond donors (Lipinski definition) is 2. The van der Waals surface area contributed by atoms with Gasteiger partial charge in [-0.1, -0.05) is 54.6 Å². The Bertz CT molecular complexity index is 1910. The molecule has 202 valence electrons. The summed E-state index contributed by atoms with van der Waals surface area (Å²) in [5.74, 6) is 3.13. The molecule has 0 unspecified atom stereocenters. The van der Waals surface area contributed by atoms with Gasteiger partial charge < -0.3 is 30.7 Å². The molecule has 6 aromatic carbocycles. The second-order valence-corrected chi connectivity index (χ2v) is 10.3. The fourth-order valence-electron chi connectivity index (χ4n) is 5.84. The Balaban J connectivity index is 1.34. The van der Waals surface area contributed by atoms with E-state index in [0.717, 1.165) is 68.2 Å². The van der Waals surface area contributed by atoms with Crippen LogP contribution in [0.15, 0.2) is 133 Å². The minimum absolute atomic E-state index is 0.648. The Morgan fingerprint density at radius 2 is 0.881 bits per heavy atom. The fourth-order valence-corrected chi connectivity index (χ4v) is 5.84. The van der Waals surface area contributed by atoms with Crippen LogP contribution in [-0.2, 0) is 0 Å². The van der Waals surface area contributed by atoms with E-state index < -0.39 is 0 Å². The zero-order chi connectivity index (χ0) is 28.2. The van der Waals surface area contributed by atoms with Crippen LogP contribution in [0.4, 0.5) is 45.5 Å². The van der Waals surface area contributed by atoms with Crippen LogP contribution in [0.25, 0.3) is 11.1 Å². The maximum absolute atomic E-state index is 6.64. The summed E-state index contributed by atoms with van der Waals surface area (Å²) in [6.07, 6.45) is 0. The van der Waals surface area contributed by atoms with Crippen LogP contribution in [-0.4, -0.2) is 0 Å². The van der Waals surface area contributed by atoms with Crippen LogP contribution in [0.2, 0.25) is 0 Å². The molecule has 2 aliphatic rings. The lowest BCUT2D eigenvalue weighted by Gasteiger charge is -2.35. The maximum atomic E-state index is 6.64. The van der Waals surface area contributed by atoms with E-state index in [9.17, 15) is 0 Å². The Kier molecular flexibility index (Phi) is 5.34. The standard InChI is InChI=1S/C36H26N4O2/c37-24-17-18-27(32(22-24)40-30-11-3-7-15-35(30)42-36-16-8-4-12-31(36)40)23-19-25(38)21-26(20-23)39-28-9-1-5-13-33(28)41-34-14-6-2-10-29(34)39/h1-22H,37-38H2. The second-order valence-electron chi connectivity index (χ2n) is 10.3. The van der Waals surface area contributed by atoms with Crippen molar-refractivity contribution < 1.29 is 9.47 Å². The molecule has 0 aliphatic carbocycles. The zero-order valence-corrected chi connectivity index (χ0v) is 22.6. The highest BCUT2D eigenvalue weighted by atomic mass is 16.5. The summed E-state index contributed by atoms with van der Waals surface area (Å²) >= 11 is 0. The van der Waals surface area contributed by atoms with Gasteiger partial charge >= 0.3 is 0 Å². The van der Waals surface area contributed by atoms with Crippen LogP contribution >= 0.6 is 0 Å². The van der Waals surface area contributed by atoms with Gasteiger partial charge in [0, 0.05) is 22.6 Å². The highest BCUT2D eigenvalue weighted by Gasteiger charge is 2.29. The van der Waals surface area contributed by atoms with Gasteiger partial charge in [-0.05, 0) is 84.4 Å². The first-order chi connectivity index (χ1) is 20.6. The van der Waals surface area contributed by atoms with Crippen LogP contribution < -0.4 is 30.7 Å². The molecule has 0 saturated carbocycles. The first kappa shape index (κ1) is 24.0. The van der Waals surface area contributed by atoms with E-state index in [1.165, 1.54) is 0 Å². The van der Waals surface area contributed by atoms with Crippen LogP contribution in [0.3, 0.4) is 0 Å². The summed E-state index contributed by atoms with van der Waals surface area (Å²) in [4.78, 5) is 4.41. The van der Waals surface area contributed by atoms with E-state index in [2.05, 4.69) is 46.2 Å². The normalized spacial score (nSPS) is 12.8. The van der Waals surface area contributed by atoms with Crippen LogP contribution in [0.1, 0.15) is 0 Å². The molecule has 0 fully saturated rings. The smallest absolute Gasteiger partial charge is 0.151 e. The molecule has 8 rings (SSSR count). The van der Waals surface area contributed by atoms with Crippen molar-refractivity contribution in [2.24, 2.45) is 0 Å². The van der Waals surface area contributed by atoms with Crippen molar-refractivity contribution in [2.75, 3.05) is 21.3 Å². The molecule has 6 nitrogen and oxygen atoms in total. The average molecular weight is 547 g/mol. The number of ether oxygens (including phenoxy) is 2. The van der Waals surface area contributed by atoms with Gasteiger partial charge in [-0.2, -0.15) is 0 Å². The number of nitrogens with two attached hydrogens (primary N) is 2. The number of rotatable bonds is 3. The average Bonchev–Trinajstić information content (AvgIpc) is 3.02. The number of para-hydroxylation sites is 8. The molecule has 0 radical (unpaired) electrons. The number of fused-ring (bicyclic) bond motifs is 4. The van der Waals surface area contributed by atoms with Crippen molar-refractivity contribution in [1.29, 1.82) is 0 Å². The van der Waals surface area contributed by atoms with Gasteiger partial charge in [0.25, 0.3) is 0 Å². The molecule has 0 aromatic heterocycles. The van der Waals surface area contributed by atoms with E-state index in [0.29, 0.717) is 11.4 Å². The molecule has 6 heteroatoms. The summed E-state index contributed by atoms with van der Waals surface area (Å²) in [6, 6.07) is 44.3. The summed E-state index contributed by atoms with van der Waals surface area (Å²) in [5, 5.41) is 0. The summed E-state index contributed by atoms with van der Waals surface area (Å²) in [5.41, 5.74) is 21.9.